The van der Waals surface area contributed by atoms with Crippen LogP contribution < -0.4 is 4.90 Å². The Hall–Kier alpha value is -1.65. The zero-order chi connectivity index (χ0) is 13.4. The second-order valence-corrected chi connectivity index (χ2v) is 5.52. The predicted molar refractivity (Wildman–Crippen MR) is 70.8 cm³/mol. The van der Waals surface area contributed by atoms with Crippen molar-refractivity contribution in [2.24, 2.45) is 5.92 Å². The Morgan fingerprint density at radius 1 is 1.21 bits per heavy atom. The fourth-order valence-corrected chi connectivity index (χ4v) is 3.56. The lowest BCUT2D eigenvalue weighted by molar-refractivity contribution is -0.385. The number of anilines is 1. The van der Waals surface area contributed by atoms with Crippen LogP contribution in [0.4, 0.5) is 15.8 Å². The molecule has 2 aliphatic rings. The first-order valence-electron chi connectivity index (χ1n) is 6.87. The summed E-state index contributed by atoms with van der Waals surface area (Å²) in [6.07, 6.45) is 5.95. The van der Waals surface area contributed by atoms with Crippen molar-refractivity contribution in [3.63, 3.8) is 0 Å². The highest BCUT2D eigenvalue weighted by atomic mass is 19.1. The van der Waals surface area contributed by atoms with Gasteiger partial charge in [0, 0.05) is 24.3 Å². The number of hydrogen-bond acceptors (Lipinski definition) is 3. The standard InChI is InChI=1S/C14H17FN2O2/c15-11-7-12(9-13(8-11)17(18)19)16-6-5-10-3-1-2-4-14(10)16/h7-10,14H,1-6H2. The Labute approximate surface area is 111 Å². The topological polar surface area (TPSA) is 46.4 Å². The van der Waals surface area contributed by atoms with E-state index in [1.54, 1.807) is 0 Å². The van der Waals surface area contributed by atoms with Crippen LogP contribution in [0, 0.1) is 21.8 Å². The van der Waals surface area contributed by atoms with Crippen LogP contribution >= 0.6 is 0 Å². The third kappa shape index (κ3) is 2.29. The molecule has 2 unspecified atom stereocenters. The fraction of sp³-hybridized carbons (Fsp3) is 0.571. The van der Waals surface area contributed by atoms with Crippen LogP contribution in [0.3, 0.4) is 0 Å². The average Bonchev–Trinajstić information content (AvgIpc) is 2.81. The first-order valence-corrected chi connectivity index (χ1v) is 6.87. The van der Waals surface area contributed by atoms with Crippen molar-refractivity contribution in [2.75, 3.05) is 11.4 Å². The number of nitro benzene ring substituents is 1. The molecule has 0 N–H and O–H groups in total. The summed E-state index contributed by atoms with van der Waals surface area (Å²) in [5.74, 6) is 0.152. The first kappa shape index (κ1) is 12.4. The molecule has 0 aromatic heterocycles. The van der Waals surface area contributed by atoms with Crippen molar-refractivity contribution in [3.8, 4) is 0 Å². The summed E-state index contributed by atoms with van der Waals surface area (Å²) in [5.41, 5.74) is 0.510. The van der Waals surface area contributed by atoms with Gasteiger partial charge in [-0.1, -0.05) is 12.8 Å². The molecule has 5 heteroatoms. The number of non-ortho nitro benzene ring substituents is 1. The molecule has 1 aromatic rings. The molecule has 2 fully saturated rings. The van der Waals surface area contributed by atoms with Gasteiger partial charge in [-0.3, -0.25) is 10.1 Å². The number of nitro groups is 1. The quantitative estimate of drug-likeness (QED) is 0.606. The minimum atomic E-state index is -0.527. The van der Waals surface area contributed by atoms with Crippen molar-refractivity contribution in [1.29, 1.82) is 0 Å². The zero-order valence-corrected chi connectivity index (χ0v) is 10.7. The molecule has 102 valence electrons. The van der Waals surface area contributed by atoms with Crippen molar-refractivity contribution < 1.29 is 9.31 Å². The molecular weight excluding hydrogens is 247 g/mol. The van der Waals surface area contributed by atoms with Crippen LogP contribution in [0.5, 0.6) is 0 Å². The molecule has 1 aliphatic carbocycles. The van der Waals surface area contributed by atoms with Gasteiger partial charge in [0.05, 0.1) is 11.0 Å². The third-order valence-corrected chi connectivity index (χ3v) is 4.42. The highest BCUT2D eigenvalue weighted by Gasteiger charge is 2.36. The Bertz CT molecular complexity index is 506. The summed E-state index contributed by atoms with van der Waals surface area (Å²) in [4.78, 5) is 12.5. The van der Waals surface area contributed by atoms with Gasteiger partial charge in [0.2, 0.25) is 0 Å². The third-order valence-electron chi connectivity index (χ3n) is 4.42. The monoisotopic (exact) mass is 264 g/mol. The molecule has 0 bridgehead atoms. The molecule has 1 saturated carbocycles. The van der Waals surface area contributed by atoms with E-state index in [0.717, 1.165) is 25.5 Å². The van der Waals surface area contributed by atoms with Gasteiger partial charge in [0.1, 0.15) is 5.82 Å². The van der Waals surface area contributed by atoms with Crippen molar-refractivity contribution in [1.82, 2.24) is 0 Å². The highest BCUT2D eigenvalue weighted by Crippen LogP contribution is 2.39. The highest BCUT2D eigenvalue weighted by molar-refractivity contribution is 5.55. The van der Waals surface area contributed by atoms with Gasteiger partial charge in [-0.25, -0.2) is 4.39 Å². The van der Waals surface area contributed by atoms with Crippen LogP contribution in [-0.2, 0) is 0 Å². The summed E-state index contributed by atoms with van der Waals surface area (Å²) < 4.78 is 13.5. The van der Waals surface area contributed by atoms with E-state index in [0.29, 0.717) is 17.6 Å². The molecular formula is C14H17FN2O2. The molecule has 1 aliphatic heterocycles. The number of halogens is 1. The molecule has 1 heterocycles. The molecule has 0 amide bonds. The van der Waals surface area contributed by atoms with E-state index >= 15 is 0 Å². The van der Waals surface area contributed by atoms with Gasteiger partial charge in [-0.2, -0.15) is 0 Å². The number of benzene rings is 1. The Kier molecular flexibility index (Phi) is 3.12. The molecule has 0 spiro atoms. The summed E-state index contributed by atoms with van der Waals surface area (Å²) in [7, 11) is 0. The largest absolute Gasteiger partial charge is 0.368 e. The average molecular weight is 264 g/mol. The fourth-order valence-electron chi connectivity index (χ4n) is 3.56. The van der Waals surface area contributed by atoms with Gasteiger partial charge < -0.3 is 4.90 Å². The maximum atomic E-state index is 13.5. The maximum Gasteiger partial charge on any atom is 0.274 e. The lowest BCUT2D eigenvalue weighted by Gasteiger charge is -2.33. The van der Waals surface area contributed by atoms with E-state index < -0.39 is 10.7 Å². The van der Waals surface area contributed by atoms with Gasteiger partial charge >= 0.3 is 0 Å². The number of rotatable bonds is 2. The second kappa shape index (κ2) is 4.79. The smallest absolute Gasteiger partial charge is 0.274 e. The SMILES string of the molecule is O=[N+]([O-])c1cc(F)cc(N2CCC3CCCCC32)c1. The number of hydrogen-bond donors (Lipinski definition) is 0. The Morgan fingerprint density at radius 2 is 2.00 bits per heavy atom. The molecule has 0 radical (unpaired) electrons. The molecule has 1 saturated heterocycles. The summed E-state index contributed by atoms with van der Waals surface area (Å²) >= 11 is 0. The summed E-state index contributed by atoms with van der Waals surface area (Å²) in [5, 5.41) is 10.8. The summed E-state index contributed by atoms with van der Waals surface area (Å²) in [6, 6.07) is 4.34. The van der Waals surface area contributed by atoms with E-state index in [-0.39, 0.29) is 5.69 Å². The summed E-state index contributed by atoms with van der Waals surface area (Å²) in [6.45, 7) is 0.885. The normalized spacial score (nSPS) is 26.3. The molecule has 2 atom stereocenters. The van der Waals surface area contributed by atoms with E-state index in [2.05, 4.69) is 4.90 Å². The van der Waals surface area contributed by atoms with E-state index in [1.165, 1.54) is 31.4 Å². The maximum absolute atomic E-state index is 13.5. The lowest BCUT2D eigenvalue weighted by Crippen LogP contribution is -2.34. The van der Waals surface area contributed by atoms with Crippen LogP contribution in [0.15, 0.2) is 18.2 Å². The molecule has 3 rings (SSSR count). The van der Waals surface area contributed by atoms with E-state index in [1.807, 2.05) is 0 Å². The van der Waals surface area contributed by atoms with Gasteiger partial charge in [-0.05, 0) is 31.2 Å². The van der Waals surface area contributed by atoms with Crippen molar-refractivity contribution >= 4 is 11.4 Å². The van der Waals surface area contributed by atoms with Crippen LogP contribution in [-0.4, -0.2) is 17.5 Å². The van der Waals surface area contributed by atoms with Crippen molar-refractivity contribution in [3.05, 3.63) is 34.1 Å². The Morgan fingerprint density at radius 3 is 2.79 bits per heavy atom. The molecule has 19 heavy (non-hydrogen) atoms. The molecule has 4 nitrogen and oxygen atoms in total. The van der Waals surface area contributed by atoms with Crippen LogP contribution in [0.2, 0.25) is 0 Å². The minimum Gasteiger partial charge on any atom is -0.368 e. The van der Waals surface area contributed by atoms with Crippen LogP contribution in [0.1, 0.15) is 32.1 Å². The Balaban J connectivity index is 1.91. The zero-order valence-electron chi connectivity index (χ0n) is 10.7. The van der Waals surface area contributed by atoms with Gasteiger partial charge in [0.25, 0.3) is 5.69 Å². The molecule has 1 aromatic carbocycles. The minimum absolute atomic E-state index is 0.158. The van der Waals surface area contributed by atoms with E-state index in [4.69, 9.17) is 0 Å². The second-order valence-electron chi connectivity index (χ2n) is 5.52. The van der Waals surface area contributed by atoms with Gasteiger partial charge in [0.15, 0.2) is 0 Å². The van der Waals surface area contributed by atoms with Crippen molar-refractivity contribution in [2.45, 2.75) is 38.1 Å². The first-order chi connectivity index (χ1) is 9.15. The lowest BCUT2D eigenvalue weighted by atomic mass is 9.85. The van der Waals surface area contributed by atoms with Crippen LogP contribution in [0.25, 0.3) is 0 Å². The number of nitrogens with zero attached hydrogens (tertiary/aromatic N) is 2. The number of fused-ring (bicyclic) bond motifs is 1. The predicted octanol–water partition coefficient (Wildman–Crippen LogP) is 3.50. The van der Waals surface area contributed by atoms with E-state index in [9.17, 15) is 14.5 Å². The van der Waals surface area contributed by atoms with Gasteiger partial charge in [-0.15, -0.1) is 0 Å².